The second-order valence-corrected chi connectivity index (χ2v) is 8.75. The Hall–Kier alpha value is -5.32. The van der Waals surface area contributed by atoms with E-state index in [0.29, 0.717) is 40.9 Å². The van der Waals surface area contributed by atoms with Crippen molar-refractivity contribution in [1.29, 1.82) is 0 Å². The molecule has 1 heterocycles. The van der Waals surface area contributed by atoms with Crippen molar-refractivity contribution in [2.24, 2.45) is 0 Å². The first-order valence-electron chi connectivity index (χ1n) is 12.7. The van der Waals surface area contributed by atoms with Gasteiger partial charge in [0.1, 0.15) is 17.1 Å². The van der Waals surface area contributed by atoms with Crippen LogP contribution in [0.1, 0.15) is 18.9 Å². The van der Waals surface area contributed by atoms with Crippen LogP contribution in [0.4, 0.5) is 16.2 Å². The topological polar surface area (TPSA) is 132 Å². The zero-order valence-corrected chi connectivity index (χ0v) is 22.8. The van der Waals surface area contributed by atoms with E-state index in [1.165, 1.54) is 32.4 Å². The first kappa shape index (κ1) is 28.7. The number of amides is 5. The summed E-state index contributed by atoms with van der Waals surface area (Å²) in [6, 6.07) is 17.2. The van der Waals surface area contributed by atoms with Crippen molar-refractivity contribution in [3.05, 3.63) is 77.9 Å². The predicted molar refractivity (Wildman–Crippen MR) is 151 cm³/mol. The lowest BCUT2D eigenvalue weighted by Gasteiger charge is -2.27. The fourth-order valence-corrected chi connectivity index (χ4v) is 3.93. The number of nitrogens with one attached hydrogen (secondary N) is 2. The third-order valence-corrected chi connectivity index (χ3v) is 5.91. The number of methoxy groups -OCH3 is 2. The second kappa shape index (κ2) is 13.2. The van der Waals surface area contributed by atoms with Crippen molar-refractivity contribution < 1.29 is 38.1 Å². The molecule has 0 unspecified atom stereocenters. The Morgan fingerprint density at radius 3 is 2.34 bits per heavy atom. The molecule has 1 aliphatic rings. The van der Waals surface area contributed by atoms with E-state index in [4.69, 9.17) is 18.9 Å². The van der Waals surface area contributed by atoms with Crippen molar-refractivity contribution >= 4 is 41.2 Å². The van der Waals surface area contributed by atoms with Gasteiger partial charge in [0.15, 0.2) is 18.1 Å². The maximum atomic E-state index is 13.3. The highest BCUT2D eigenvalue weighted by Gasteiger charge is 2.37. The Labute approximate surface area is 236 Å². The molecule has 1 aliphatic heterocycles. The van der Waals surface area contributed by atoms with Crippen LogP contribution >= 0.6 is 0 Å². The van der Waals surface area contributed by atoms with E-state index in [9.17, 15) is 19.2 Å². The Morgan fingerprint density at radius 2 is 1.63 bits per heavy atom. The molecule has 11 heteroatoms. The largest absolute Gasteiger partial charge is 0.495 e. The van der Waals surface area contributed by atoms with Crippen LogP contribution in [-0.2, 0) is 14.4 Å². The first-order valence-corrected chi connectivity index (χ1v) is 12.7. The molecule has 0 bridgehead atoms. The number of carbonyl (C=O) groups excluding carboxylic acids is 4. The van der Waals surface area contributed by atoms with Gasteiger partial charge in [-0.2, -0.15) is 0 Å². The number of anilines is 2. The van der Waals surface area contributed by atoms with Gasteiger partial charge in [0.05, 0.1) is 32.2 Å². The number of hydrogen-bond acceptors (Lipinski definition) is 8. The summed E-state index contributed by atoms with van der Waals surface area (Å²) in [6.45, 7) is 2.19. The molecule has 0 saturated carbocycles. The monoisotopic (exact) mass is 559 g/mol. The summed E-state index contributed by atoms with van der Waals surface area (Å²) in [7, 11) is 2.96. The molecular formula is C30H29N3O8. The van der Waals surface area contributed by atoms with Crippen LogP contribution in [0.25, 0.3) is 6.08 Å². The van der Waals surface area contributed by atoms with E-state index < -0.39 is 17.8 Å². The van der Waals surface area contributed by atoms with E-state index >= 15 is 0 Å². The van der Waals surface area contributed by atoms with Gasteiger partial charge in [-0.05, 0) is 54.5 Å². The zero-order valence-electron chi connectivity index (χ0n) is 22.8. The number of urea groups is 1. The SMILES string of the molecule is CCCOc1ccc(N2C(=O)NC(=O)/C(=C/c3ccc(OCC(=O)Nc4ccccc4OC)cc3)C2=O)cc1OC. The van der Waals surface area contributed by atoms with Gasteiger partial charge in [0, 0.05) is 6.07 Å². The molecule has 0 aromatic heterocycles. The summed E-state index contributed by atoms with van der Waals surface area (Å²) in [5.74, 6) is -0.263. The molecule has 0 spiro atoms. The molecular weight excluding hydrogens is 530 g/mol. The van der Waals surface area contributed by atoms with Crippen LogP contribution in [0.3, 0.4) is 0 Å². The van der Waals surface area contributed by atoms with Gasteiger partial charge < -0.3 is 24.3 Å². The summed E-state index contributed by atoms with van der Waals surface area (Å²) in [6.07, 6.45) is 2.16. The smallest absolute Gasteiger partial charge is 0.335 e. The lowest BCUT2D eigenvalue weighted by atomic mass is 10.1. The van der Waals surface area contributed by atoms with Crippen LogP contribution in [0.2, 0.25) is 0 Å². The predicted octanol–water partition coefficient (Wildman–Crippen LogP) is 4.18. The molecule has 212 valence electrons. The number of barbiturate groups is 1. The fourth-order valence-electron chi connectivity index (χ4n) is 3.93. The molecule has 0 atom stereocenters. The lowest BCUT2D eigenvalue weighted by molar-refractivity contribution is -0.122. The molecule has 3 aromatic carbocycles. The van der Waals surface area contributed by atoms with Gasteiger partial charge in [-0.1, -0.05) is 31.2 Å². The first-order chi connectivity index (χ1) is 19.8. The summed E-state index contributed by atoms with van der Waals surface area (Å²) in [5, 5.41) is 4.92. The molecule has 0 aliphatic carbocycles. The summed E-state index contributed by atoms with van der Waals surface area (Å²) >= 11 is 0. The number of para-hydroxylation sites is 2. The van der Waals surface area contributed by atoms with E-state index in [2.05, 4.69) is 10.6 Å². The number of nitrogens with zero attached hydrogens (tertiary/aromatic N) is 1. The number of ether oxygens (including phenoxy) is 4. The van der Waals surface area contributed by atoms with E-state index in [1.807, 2.05) is 6.92 Å². The molecule has 5 amide bonds. The molecule has 0 radical (unpaired) electrons. The average Bonchev–Trinajstić information content (AvgIpc) is 2.98. The normalized spacial score (nSPS) is 14.0. The number of rotatable bonds is 11. The second-order valence-electron chi connectivity index (χ2n) is 8.75. The van der Waals surface area contributed by atoms with E-state index in [-0.39, 0.29) is 23.8 Å². The summed E-state index contributed by atoms with van der Waals surface area (Å²) in [4.78, 5) is 51.6. The third kappa shape index (κ3) is 6.82. The van der Waals surface area contributed by atoms with Gasteiger partial charge in [-0.25, -0.2) is 9.69 Å². The minimum absolute atomic E-state index is 0.210. The number of imide groups is 2. The zero-order chi connectivity index (χ0) is 29.4. The highest BCUT2D eigenvalue weighted by Crippen LogP contribution is 2.33. The molecule has 2 N–H and O–H groups in total. The highest BCUT2D eigenvalue weighted by atomic mass is 16.5. The number of benzene rings is 3. The molecule has 11 nitrogen and oxygen atoms in total. The molecule has 1 saturated heterocycles. The average molecular weight is 560 g/mol. The fraction of sp³-hybridized carbons (Fsp3) is 0.200. The van der Waals surface area contributed by atoms with Gasteiger partial charge in [-0.15, -0.1) is 0 Å². The van der Waals surface area contributed by atoms with Crippen LogP contribution in [0, 0.1) is 0 Å². The highest BCUT2D eigenvalue weighted by molar-refractivity contribution is 6.39. The van der Waals surface area contributed by atoms with Crippen molar-refractivity contribution in [3.8, 4) is 23.0 Å². The lowest BCUT2D eigenvalue weighted by Crippen LogP contribution is -2.54. The Bertz CT molecular complexity index is 1480. The third-order valence-electron chi connectivity index (χ3n) is 5.91. The van der Waals surface area contributed by atoms with Crippen molar-refractivity contribution in [3.63, 3.8) is 0 Å². The van der Waals surface area contributed by atoms with Gasteiger partial charge in [0.2, 0.25) is 0 Å². The van der Waals surface area contributed by atoms with E-state index in [0.717, 1.165) is 11.3 Å². The number of carbonyl (C=O) groups is 4. The minimum Gasteiger partial charge on any atom is -0.495 e. The summed E-state index contributed by atoms with van der Waals surface area (Å²) < 4.78 is 21.8. The minimum atomic E-state index is -0.878. The van der Waals surface area contributed by atoms with Crippen molar-refractivity contribution in [1.82, 2.24) is 5.32 Å². The standard InChI is InChI=1S/C30H29N3O8/c1-4-15-40-25-14-11-20(17-26(25)39-3)33-29(36)22(28(35)32-30(33)37)16-19-9-12-21(13-10-19)41-18-27(34)31-23-7-5-6-8-24(23)38-2/h5-14,16-17H,4,15,18H2,1-3H3,(H,31,34)(H,32,35,37)/b22-16-. The molecule has 4 rings (SSSR count). The number of hydrogen-bond donors (Lipinski definition) is 2. The Balaban J connectivity index is 1.45. The van der Waals surface area contributed by atoms with E-state index in [1.54, 1.807) is 54.6 Å². The van der Waals surface area contributed by atoms with Crippen LogP contribution in [0.15, 0.2) is 72.3 Å². The molecule has 41 heavy (non-hydrogen) atoms. The van der Waals surface area contributed by atoms with Gasteiger partial charge >= 0.3 is 6.03 Å². The molecule has 1 fully saturated rings. The quantitative estimate of drug-likeness (QED) is 0.264. The summed E-state index contributed by atoms with van der Waals surface area (Å²) in [5.41, 5.74) is 0.999. The van der Waals surface area contributed by atoms with Gasteiger partial charge in [-0.3, -0.25) is 19.7 Å². The van der Waals surface area contributed by atoms with Crippen molar-refractivity contribution in [2.75, 3.05) is 37.7 Å². The van der Waals surface area contributed by atoms with Crippen LogP contribution in [0.5, 0.6) is 23.0 Å². The van der Waals surface area contributed by atoms with Crippen LogP contribution < -0.4 is 34.5 Å². The Kier molecular flexibility index (Phi) is 9.20. The maximum absolute atomic E-state index is 13.3. The maximum Gasteiger partial charge on any atom is 0.335 e. The van der Waals surface area contributed by atoms with Crippen LogP contribution in [-0.4, -0.2) is 51.2 Å². The Morgan fingerprint density at radius 1 is 0.902 bits per heavy atom. The van der Waals surface area contributed by atoms with Crippen molar-refractivity contribution in [2.45, 2.75) is 13.3 Å². The molecule has 3 aromatic rings. The van der Waals surface area contributed by atoms with Gasteiger partial charge in [0.25, 0.3) is 17.7 Å².